The monoisotopic (exact) mass is 408 g/mol. The first-order valence-corrected chi connectivity index (χ1v) is 11.2. The lowest BCUT2D eigenvalue weighted by molar-refractivity contribution is 0.00534. The fourth-order valence-electron chi connectivity index (χ4n) is 3.80. The highest BCUT2D eigenvalue weighted by molar-refractivity contribution is 5.79. The second kappa shape index (κ2) is 13.0. The molecule has 0 spiro atoms. The lowest BCUT2D eigenvalue weighted by atomic mass is 10.1. The van der Waals surface area contributed by atoms with Crippen molar-refractivity contribution in [3.63, 3.8) is 0 Å². The Balaban J connectivity index is 1.21. The molecule has 2 N–H and O–H groups in total. The summed E-state index contributed by atoms with van der Waals surface area (Å²) in [7, 11) is 1.82. The maximum atomic E-state index is 6.11. The van der Waals surface area contributed by atoms with Gasteiger partial charge in [-0.05, 0) is 36.8 Å². The molecule has 0 unspecified atom stereocenters. The van der Waals surface area contributed by atoms with Crippen LogP contribution in [0.2, 0.25) is 0 Å². The largest absolute Gasteiger partial charge is 0.378 e. The predicted octanol–water partition coefficient (Wildman–Crippen LogP) is 3.47. The molecule has 5 heteroatoms. The van der Waals surface area contributed by atoms with Gasteiger partial charge in [-0.3, -0.25) is 9.89 Å². The molecule has 162 valence electrons. The third-order valence-corrected chi connectivity index (χ3v) is 5.52. The molecule has 1 aliphatic heterocycles. The van der Waals surface area contributed by atoms with Crippen LogP contribution in [0.1, 0.15) is 30.4 Å². The van der Waals surface area contributed by atoms with E-state index >= 15 is 0 Å². The van der Waals surface area contributed by atoms with Crippen molar-refractivity contribution in [2.45, 2.75) is 38.3 Å². The van der Waals surface area contributed by atoms with Gasteiger partial charge in [-0.2, -0.15) is 0 Å². The molecule has 1 aliphatic rings. The summed E-state index contributed by atoms with van der Waals surface area (Å²) < 4.78 is 6.11. The minimum Gasteiger partial charge on any atom is -0.378 e. The first kappa shape index (κ1) is 22.3. The van der Waals surface area contributed by atoms with Gasteiger partial charge in [0.2, 0.25) is 0 Å². The Morgan fingerprint density at radius 3 is 2.23 bits per heavy atom. The lowest BCUT2D eigenvalue weighted by Crippen LogP contribution is -2.39. The van der Waals surface area contributed by atoms with Crippen LogP contribution in [0.15, 0.2) is 65.7 Å². The minimum absolute atomic E-state index is 0.403. The summed E-state index contributed by atoms with van der Waals surface area (Å²) in [5.74, 6) is 0.861. The Hall–Kier alpha value is -2.37. The molecule has 2 aromatic carbocycles. The Labute approximate surface area is 181 Å². The summed E-state index contributed by atoms with van der Waals surface area (Å²) in [5.41, 5.74) is 2.73. The Morgan fingerprint density at radius 2 is 1.57 bits per heavy atom. The molecular formula is C25H36N4O. The van der Waals surface area contributed by atoms with Gasteiger partial charge < -0.3 is 15.4 Å². The van der Waals surface area contributed by atoms with Crippen molar-refractivity contribution in [3.05, 3.63) is 71.8 Å². The number of likely N-dealkylation sites (tertiary alicyclic amines) is 1. The van der Waals surface area contributed by atoms with Crippen molar-refractivity contribution in [1.82, 2.24) is 15.5 Å². The van der Waals surface area contributed by atoms with Crippen LogP contribution in [0, 0.1) is 0 Å². The standard InChI is InChI=1S/C25H36N4O/c1-26-25(28-17-13-22-9-4-2-5-10-22)27-16-8-20-30-24-14-18-29(19-15-24)21-23-11-6-3-7-12-23/h2-7,9-12,24H,8,13-21H2,1H3,(H2,26,27,28). The molecule has 0 bridgehead atoms. The fraction of sp³-hybridized carbons (Fsp3) is 0.480. The van der Waals surface area contributed by atoms with Gasteiger partial charge in [0.1, 0.15) is 0 Å². The summed E-state index contributed by atoms with van der Waals surface area (Å²) in [6.45, 7) is 5.84. The van der Waals surface area contributed by atoms with E-state index in [1.165, 1.54) is 11.1 Å². The smallest absolute Gasteiger partial charge is 0.190 e. The van der Waals surface area contributed by atoms with Gasteiger partial charge in [-0.25, -0.2) is 0 Å². The van der Waals surface area contributed by atoms with Crippen molar-refractivity contribution < 1.29 is 4.74 Å². The number of hydrogen-bond acceptors (Lipinski definition) is 3. The predicted molar refractivity (Wildman–Crippen MR) is 125 cm³/mol. The Morgan fingerprint density at radius 1 is 0.933 bits per heavy atom. The van der Waals surface area contributed by atoms with E-state index in [0.717, 1.165) is 71.0 Å². The molecule has 0 atom stereocenters. The number of rotatable bonds is 10. The zero-order valence-electron chi connectivity index (χ0n) is 18.2. The molecule has 0 saturated carbocycles. The number of ether oxygens (including phenoxy) is 1. The van der Waals surface area contributed by atoms with Gasteiger partial charge >= 0.3 is 0 Å². The highest BCUT2D eigenvalue weighted by Gasteiger charge is 2.19. The SMILES string of the molecule is CN=C(NCCCOC1CCN(Cc2ccccc2)CC1)NCCc1ccccc1. The summed E-state index contributed by atoms with van der Waals surface area (Å²) in [6, 6.07) is 21.2. The van der Waals surface area contributed by atoms with Crippen LogP contribution in [-0.2, 0) is 17.7 Å². The van der Waals surface area contributed by atoms with Gasteiger partial charge in [-0.1, -0.05) is 60.7 Å². The summed E-state index contributed by atoms with van der Waals surface area (Å²) in [5, 5.41) is 6.75. The van der Waals surface area contributed by atoms with E-state index in [-0.39, 0.29) is 0 Å². The van der Waals surface area contributed by atoms with Gasteiger partial charge in [0.15, 0.2) is 5.96 Å². The molecule has 30 heavy (non-hydrogen) atoms. The summed E-state index contributed by atoms with van der Waals surface area (Å²) in [6.07, 6.45) is 4.64. The number of guanidine groups is 1. The third-order valence-electron chi connectivity index (χ3n) is 5.52. The molecule has 0 amide bonds. The van der Waals surface area contributed by atoms with Crippen molar-refractivity contribution in [2.75, 3.05) is 39.8 Å². The number of benzene rings is 2. The van der Waals surface area contributed by atoms with Crippen LogP contribution in [0.4, 0.5) is 0 Å². The van der Waals surface area contributed by atoms with Crippen LogP contribution in [0.5, 0.6) is 0 Å². The van der Waals surface area contributed by atoms with Crippen molar-refractivity contribution in [3.8, 4) is 0 Å². The van der Waals surface area contributed by atoms with E-state index < -0.39 is 0 Å². The molecule has 1 heterocycles. The van der Waals surface area contributed by atoms with Crippen molar-refractivity contribution in [1.29, 1.82) is 0 Å². The molecule has 0 aliphatic carbocycles. The van der Waals surface area contributed by atoms with Crippen LogP contribution in [0.3, 0.4) is 0 Å². The maximum Gasteiger partial charge on any atom is 0.190 e. The number of hydrogen-bond donors (Lipinski definition) is 2. The lowest BCUT2D eigenvalue weighted by Gasteiger charge is -2.32. The van der Waals surface area contributed by atoms with Gasteiger partial charge in [0.25, 0.3) is 0 Å². The fourth-order valence-corrected chi connectivity index (χ4v) is 3.80. The van der Waals surface area contributed by atoms with Gasteiger partial charge in [0, 0.05) is 46.4 Å². The molecular weight excluding hydrogens is 372 g/mol. The molecule has 1 fully saturated rings. The van der Waals surface area contributed by atoms with E-state index in [0.29, 0.717) is 6.10 Å². The average molecular weight is 409 g/mol. The molecule has 3 rings (SSSR count). The van der Waals surface area contributed by atoms with Crippen molar-refractivity contribution >= 4 is 5.96 Å². The molecule has 0 radical (unpaired) electrons. The maximum absolute atomic E-state index is 6.11. The summed E-state index contributed by atoms with van der Waals surface area (Å²) >= 11 is 0. The van der Waals surface area contributed by atoms with Crippen LogP contribution in [-0.4, -0.2) is 56.8 Å². The second-order valence-corrected chi connectivity index (χ2v) is 7.85. The Kier molecular flexibility index (Phi) is 9.70. The quantitative estimate of drug-likeness (QED) is 0.359. The molecule has 0 aromatic heterocycles. The Bertz CT molecular complexity index is 727. The van der Waals surface area contributed by atoms with Crippen molar-refractivity contribution in [2.24, 2.45) is 4.99 Å². The van der Waals surface area contributed by atoms with E-state index in [1.54, 1.807) is 0 Å². The van der Waals surface area contributed by atoms with Crippen LogP contribution >= 0.6 is 0 Å². The average Bonchev–Trinajstić information content (AvgIpc) is 2.80. The van der Waals surface area contributed by atoms with E-state index in [4.69, 9.17) is 4.74 Å². The topological polar surface area (TPSA) is 48.9 Å². The van der Waals surface area contributed by atoms with E-state index in [2.05, 4.69) is 75.1 Å². The first-order chi connectivity index (χ1) is 14.8. The van der Waals surface area contributed by atoms with E-state index in [9.17, 15) is 0 Å². The molecule has 1 saturated heterocycles. The van der Waals surface area contributed by atoms with Gasteiger partial charge in [0.05, 0.1) is 6.10 Å². The molecule has 5 nitrogen and oxygen atoms in total. The normalized spacial score (nSPS) is 15.8. The number of piperidine rings is 1. The number of nitrogens with one attached hydrogen (secondary N) is 2. The molecule has 2 aromatic rings. The highest BCUT2D eigenvalue weighted by atomic mass is 16.5. The first-order valence-electron chi connectivity index (χ1n) is 11.2. The van der Waals surface area contributed by atoms with E-state index in [1.807, 2.05) is 13.1 Å². The van der Waals surface area contributed by atoms with Crippen LogP contribution in [0.25, 0.3) is 0 Å². The second-order valence-electron chi connectivity index (χ2n) is 7.85. The van der Waals surface area contributed by atoms with Crippen LogP contribution < -0.4 is 10.6 Å². The zero-order valence-corrected chi connectivity index (χ0v) is 18.2. The van der Waals surface area contributed by atoms with Gasteiger partial charge in [-0.15, -0.1) is 0 Å². The minimum atomic E-state index is 0.403. The highest BCUT2D eigenvalue weighted by Crippen LogP contribution is 2.16. The third kappa shape index (κ3) is 8.17. The number of aliphatic imine (C=N–C) groups is 1. The zero-order chi connectivity index (χ0) is 20.9. The number of nitrogens with zero attached hydrogens (tertiary/aromatic N) is 2. The summed E-state index contributed by atoms with van der Waals surface area (Å²) in [4.78, 5) is 6.83.